The highest BCUT2D eigenvalue weighted by atomic mass is 79.9. The molecule has 19 heavy (non-hydrogen) atoms. The van der Waals surface area contributed by atoms with Crippen LogP contribution in [0.3, 0.4) is 0 Å². The fourth-order valence-corrected chi connectivity index (χ4v) is 3.49. The van der Waals surface area contributed by atoms with Crippen molar-refractivity contribution < 1.29 is 9.53 Å². The Bertz CT molecular complexity index is 572. The molecule has 3 nitrogen and oxygen atoms in total. The Labute approximate surface area is 130 Å². The number of amides is 1. The minimum Gasteiger partial charge on any atom is -0.496 e. The van der Waals surface area contributed by atoms with Gasteiger partial charge in [-0.25, -0.2) is 0 Å². The average molecular weight is 358 g/mol. The van der Waals surface area contributed by atoms with Crippen LogP contribution in [0.4, 0.5) is 0 Å². The normalized spacial score (nSPS) is 17.4. The van der Waals surface area contributed by atoms with Crippen molar-refractivity contribution in [3.63, 3.8) is 0 Å². The molecular weight excluding hydrogens is 346 g/mol. The minimum atomic E-state index is -0.0421. The van der Waals surface area contributed by atoms with Crippen LogP contribution in [-0.2, 0) is 4.79 Å². The number of ether oxygens (including phenoxy) is 1. The van der Waals surface area contributed by atoms with Crippen molar-refractivity contribution in [1.29, 1.82) is 0 Å². The first-order valence-electron chi connectivity index (χ1n) is 5.65. The molecule has 1 aliphatic heterocycles. The third-order valence-electron chi connectivity index (χ3n) is 2.67. The van der Waals surface area contributed by atoms with Gasteiger partial charge in [-0.15, -0.1) is 0 Å². The molecule has 1 fully saturated rings. The van der Waals surface area contributed by atoms with Crippen molar-refractivity contribution in [2.75, 3.05) is 13.7 Å². The van der Waals surface area contributed by atoms with Gasteiger partial charge in [0.25, 0.3) is 5.91 Å². The molecule has 0 radical (unpaired) electrons. The van der Waals surface area contributed by atoms with E-state index >= 15 is 0 Å². The summed E-state index contributed by atoms with van der Waals surface area (Å²) in [7, 11) is 1.61. The van der Waals surface area contributed by atoms with Gasteiger partial charge in [0.1, 0.15) is 10.1 Å². The van der Waals surface area contributed by atoms with Gasteiger partial charge in [-0.05, 0) is 31.2 Å². The number of methoxy groups -OCH3 is 1. The van der Waals surface area contributed by atoms with Crippen LogP contribution in [0.5, 0.6) is 5.75 Å². The van der Waals surface area contributed by atoms with Crippen LogP contribution in [-0.4, -0.2) is 28.8 Å². The van der Waals surface area contributed by atoms with E-state index in [1.807, 2.05) is 31.2 Å². The molecule has 0 N–H and O–H groups in total. The van der Waals surface area contributed by atoms with Gasteiger partial charge >= 0.3 is 0 Å². The van der Waals surface area contributed by atoms with E-state index in [4.69, 9.17) is 17.0 Å². The molecule has 6 heteroatoms. The molecule has 1 saturated heterocycles. The lowest BCUT2D eigenvalue weighted by atomic mass is 10.2. The van der Waals surface area contributed by atoms with Gasteiger partial charge in [0, 0.05) is 16.6 Å². The zero-order chi connectivity index (χ0) is 14.0. The number of benzene rings is 1. The summed E-state index contributed by atoms with van der Waals surface area (Å²) >= 11 is 9.92. The molecule has 0 spiro atoms. The molecule has 0 bridgehead atoms. The maximum Gasteiger partial charge on any atom is 0.266 e. The molecule has 1 aromatic rings. The highest BCUT2D eigenvalue weighted by molar-refractivity contribution is 9.10. The van der Waals surface area contributed by atoms with Gasteiger partial charge in [-0.2, -0.15) is 0 Å². The number of rotatable bonds is 3. The van der Waals surface area contributed by atoms with Gasteiger partial charge in [-0.1, -0.05) is 39.9 Å². The van der Waals surface area contributed by atoms with E-state index in [-0.39, 0.29) is 5.91 Å². The Hall–Kier alpha value is -0.850. The topological polar surface area (TPSA) is 29.5 Å². The number of nitrogens with zero attached hydrogens (tertiary/aromatic N) is 1. The lowest BCUT2D eigenvalue weighted by molar-refractivity contribution is -0.121. The third-order valence-corrected chi connectivity index (χ3v) is 4.54. The SMILES string of the molecule is CCN1C(=O)C(=Cc2cc(Br)ccc2OC)SC1=S. The van der Waals surface area contributed by atoms with E-state index in [0.717, 1.165) is 15.8 Å². The predicted octanol–water partition coefficient (Wildman–Crippen LogP) is 3.68. The summed E-state index contributed by atoms with van der Waals surface area (Å²) in [4.78, 5) is 14.4. The second-order valence-corrected chi connectivity index (χ2v) is 6.40. The second kappa shape index (κ2) is 6.07. The van der Waals surface area contributed by atoms with Crippen molar-refractivity contribution >= 4 is 56.2 Å². The van der Waals surface area contributed by atoms with Crippen LogP contribution in [0.1, 0.15) is 12.5 Å². The standard InChI is InChI=1S/C13H12BrNO2S2/c1-3-15-12(16)11(19-13(15)18)7-8-6-9(14)4-5-10(8)17-2/h4-7H,3H2,1-2H3. The van der Waals surface area contributed by atoms with Crippen LogP contribution in [0, 0.1) is 0 Å². The monoisotopic (exact) mass is 357 g/mol. The van der Waals surface area contributed by atoms with Crippen molar-refractivity contribution in [2.24, 2.45) is 0 Å². The van der Waals surface area contributed by atoms with Gasteiger partial charge in [-0.3, -0.25) is 9.69 Å². The summed E-state index contributed by atoms with van der Waals surface area (Å²) in [5.74, 6) is 0.685. The maximum atomic E-state index is 12.1. The van der Waals surface area contributed by atoms with Crippen LogP contribution >= 0.6 is 39.9 Å². The van der Waals surface area contributed by atoms with Gasteiger partial charge in [0.2, 0.25) is 0 Å². The molecule has 1 aliphatic rings. The number of hydrogen-bond acceptors (Lipinski definition) is 4. The van der Waals surface area contributed by atoms with Gasteiger partial charge in [0.05, 0.1) is 12.0 Å². The number of halogens is 1. The summed E-state index contributed by atoms with van der Waals surface area (Å²) in [6.45, 7) is 2.50. The van der Waals surface area contributed by atoms with E-state index in [0.29, 0.717) is 15.8 Å². The summed E-state index contributed by atoms with van der Waals surface area (Å²) < 4.78 is 6.83. The Morgan fingerprint density at radius 1 is 1.53 bits per heavy atom. The smallest absolute Gasteiger partial charge is 0.266 e. The molecule has 1 heterocycles. The van der Waals surface area contributed by atoms with Crippen LogP contribution in [0.2, 0.25) is 0 Å². The average Bonchev–Trinajstić information content (AvgIpc) is 2.64. The number of carbonyl (C=O) groups excluding carboxylic acids is 1. The molecule has 1 aromatic carbocycles. The van der Waals surface area contributed by atoms with E-state index in [1.165, 1.54) is 11.8 Å². The minimum absolute atomic E-state index is 0.0421. The van der Waals surface area contributed by atoms with Gasteiger partial charge in [0.15, 0.2) is 0 Å². The van der Waals surface area contributed by atoms with Gasteiger partial charge < -0.3 is 4.74 Å². The Morgan fingerprint density at radius 2 is 2.26 bits per heavy atom. The Balaban J connectivity index is 2.40. The molecule has 0 atom stereocenters. The molecule has 100 valence electrons. The van der Waals surface area contributed by atoms with Crippen molar-refractivity contribution in [1.82, 2.24) is 4.90 Å². The Morgan fingerprint density at radius 3 is 2.84 bits per heavy atom. The lowest BCUT2D eigenvalue weighted by Gasteiger charge is -2.09. The molecule has 0 aromatic heterocycles. The molecule has 1 amide bonds. The van der Waals surface area contributed by atoms with E-state index in [1.54, 1.807) is 12.0 Å². The maximum absolute atomic E-state index is 12.1. The second-order valence-electron chi connectivity index (χ2n) is 3.81. The molecule has 0 aliphatic carbocycles. The first kappa shape index (κ1) is 14.6. The largest absolute Gasteiger partial charge is 0.496 e. The Kier molecular flexibility index (Phi) is 4.65. The summed E-state index contributed by atoms with van der Waals surface area (Å²) in [5, 5.41) is 0. The lowest BCUT2D eigenvalue weighted by Crippen LogP contribution is -2.27. The highest BCUT2D eigenvalue weighted by Gasteiger charge is 2.30. The number of hydrogen-bond donors (Lipinski definition) is 0. The van der Waals surface area contributed by atoms with Crippen LogP contribution in [0.15, 0.2) is 27.6 Å². The van der Waals surface area contributed by atoms with E-state index in [2.05, 4.69) is 15.9 Å². The molecule has 0 saturated carbocycles. The predicted molar refractivity (Wildman–Crippen MR) is 86.2 cm³/mol. The first-order valence-corrected chi connectivity index (χ1v) is 7.67. The quantitative estimate of drug-likeness (QED) is 0.609. The summed E-state index contributed by atoms with van der Waals surface area (Å²) in [6, 6.07) is 5.67. The van der Waals surface area contributed by atoms with Crippen LogP contribution in [0.25, 0.3) is 6.08 Å². The van der Waals surface area contributed by atoms with E-state index < -0.39 is 0 Å². The third kappa shape index (κ3) is 3.01. The van der Waals surface area contributed by atoms with Crippen LogP contribution < -0.4 is 4.74 Å². The first-order chi connectivity index (χ1) is 9.06. The fraction of sp³-hybridized carbons (Fsp3) is 0.231. The zero-order valence-electron chi connectivity index (χ0n) is 10.5. The fourth-order valence-electron chi connectivity index (χ4n) is 1.73. The molecule has 0 unspecified atom stereocenters. The van der Waals surface area contributed by atoms with Crippen molar-refractivity contribution in [2.45, 2.75) is 6.92 Å². The van der Waals surface area contributed by atoms with E-state index in [9.17, 15) is 4.79 Å². The highest BCUT2D eigenvalue weighted by Crippen LogP contribution is 2.34. The number of thiocarbonyl (C=S) groups is 1. The summed E-state index contributed by atoms with van der Waals surface area (Å²) in [5.41, 5.74) is 0.855. The van der Waals surface area contributed by atoms with Crippen molar-refractivity contribution in [3.8, 4) is 5.75 Å². The molecule has 2 rings (SSSR count). The summed E-state index contributed by atoms with van der Waals surface area (Å²) in [6.07, 6.45) is 1.82. The van der Waals surface area contributed by atoms with Crippen molar-refractivity contribution in [3.05, 3.63) is 33.1 Å². The number of carbonyl (C=O) groups is 1. The molecular formula is C13H12BrNO2S2. The number of thioether (sulfide) groups is 1. The zero-order valence-corrected chi connectivity index (χ0v) is 13.7. The number of likely N-dealkylation sites (N-methyl/N-ethyl adjacent to an activating group) is 1.